The number of nitrogens with zero attached hydrogens (tertiary/aromatic N) is 3. The summed E-state index contributed by atoms with van der Waals surface area (Å²) in [6.07, 6.45) is 0. The number of hydrogen-bond donors (Lipinski definition) is 0. The van der Waals surface area contributed by atoms with Crippen LogP contribution >= 0.6 is 0 Å². The van der Waals surface area contributed by atoms with Gasteiger partial charge in [-0.3, -0.25) is 9.59 Å². The SMILES string of the molecule is CCN1CCN(C(=O)C(c2ccccc2)N2Cc3ccccc3C2=O)CC1. The van der Waals surface area contributed by atoms with E-state index in [9.17, 15) is 9.59 Å². The van der Waals surface area contributed by atoms with Crippen molar-refractivity contribution in [3.8, 4) is 0 Å². The van der Waals surface area contributed by atoms with E-state index in [1.807, 2.05) is 59.5 Å². The van der Waals surface area contributed by atoms with Crippen molar-refractivity contribution in [3.05, 3.63) is 71.3 Å². The third kappa shape index (κ3) is 3.35. The number of fused-ring (bicyclic) bond motifs is 1. The van der Waals surface area contributed by atoms with Gasteiger partial charge in [0.25, 0.3) is 5.91 Å². The first-order valence-corrected chi connectivity index (χ1v) is 9.64. The molecule has 0 radical (unpaired) electrons. The van der Waals surface area contributed by atoms with Crippen LogP contribution in [0.3, 0.4) is 0 Å². The van der Waals surface area contributed by atoms with Gasteiger partial charge in [0, 0.05) is 38.3 Å². The Bertz CT molecular complexity index is 828. The predicted molar refractivity (Wildman–Crippen MR) is 104 cm³/mol. The maximum Gasteiger partial charge on any atom is 0.255 e. The van der Waals surface area contributed by atoms with Crippen molar-refractivity contribution < 1.29 is 9.59 Å². The zero-order chi connectivity index (χ0) is 18.8. The van der Waals surface area contributed by atoms with Crippen LogP contribution < -0.4 is 0 Å². The minimum absolute atomic E-state index is 0.0260. The molecule has 5 nitrogen and oxygen atoms in total. The number of carbonyl (C=O) groups is 2. The molecule has 0 aliphatic carbocycles. The van der Waals surface area contributed by atoms with Crippen LogP contribution in [0.15, 0.2) is 54.6 Å². The third-order valence-electron chi connectivity index (χ3n) is 5.64. The van der Waals surface area contributed by atoms with E-state index in [1.165, 1.54) is 0 Å². The van der Waals surface area contributed by atoms with Gasteiger partial charge >= 0.3 is 0 Å². The van der Waals surface area contributed by atoms with Gasteiger partial charge in [-0.2, -0.15) is 0 Å². The highest BCUT2D eigenvalue weighted by molar-refractivity contribution is 6.01. The molecular formula is C22H25N3O2. The first kappa shape index (κ1) is 17.7. The minimum atomic E-state index is -0.570. The van der Waals surface area contributed by atoms with Gasteiger partial charge < -0.3 is 14.7 Å². The largest absolute Gasteiger partial charge is 0.338 e. The van der Waals surface area contributed by atoms with E-state index in [4.69, 9.17) is 0 Å². The van der Waals surface area contributed by atoms with Crippen LogP contribution in [0.5, 0.6) is 0 Å². The van der Waals surface area contributed by atoms with E-state index < -0.39 is 6.04 Å². The number of rotatable bonds is 4. The summed E-state index contributed by atoms with van der Waals surface area (Å²) >= 11 is 0. The van der Waals surface area contributed by atoms with Crippen LogP contribution in [-0.4, -0.2) is 59.2 Å². The lowest BCUT2D eigenvalue weighted by Crippen LogP contribution is -2.52. The number of likely N-dealkylation sites (N-methyl/N-ethyl adjacent to an activating group) is 1. The van der Waals surface area contributed by atoms with Crippen molar-refractivity contribution >= 4 is 11.8 Å². The van der Waals surface area contributed by atoms with E-state index in [-0.39, 0.29) is 11.8 Å². The minimum Gasteiger partial charge on any atom is -0.338 e. The van der Waals surface area contributed by atoms with Crippen LogP contribution in [0.4, 0.5) is 0 Å². The van der Waals surface area contributed by atoms with E-state index in [0.29, 0.717) is 25.2 Å². The Labute approximate surface area is 160 Å². The lowest BCUT2D eigenvalue weighted by atomic mass is 10.0. The lowest BCUT2D eigenvalue weighted by Gasteiger charge is -2.38. The summed E-state index contributed by atoms with van der Waals surface area (Å²) in [5.41, 5.74) is 2.58. The van der Waals surface area contributed by atoms with Gasteiger partial charge in [-0.05, 0) is 23.7 Å². The van der Waals surface area contributed by atoms with Crippen LogP contribution in [0.1, 0.15) is 34.5 Å². The summed E-state index contributed by atoms with van der Waals surface area (Å²) in [6, 6.07) is 16.8. The number of benzene rings is 2. The summed E-state index contributed by atoms with van der Waals surface area (Å²) < 4.78 is 0. The summed E-state index contributed by atoms with van der Waals surface area (Å²) in [6.45, 7) is 6.83. The molecular weight excluding hydrogens is 338 g/mol. The molecule has 0 spiro atoms. The van der Waals surface area contributed by atoms with Crippen LogP contribution in [0, 0.1) is 0 Å². The van der Waals surface area contributed by atoms with Gasteiger partial charge in [0.2, 0.25) is 5.91 Å². The van der Waals surface area contributed by atoms with Crippen LogP contribution in [-0.2, 0) is 11.3 Å². The zero-order valence-electron chi connectivity index (χ0n) is 15.7. The predicted octanol–water partition coefficient (Wildman–Crippen LogP) is 2.55. The maximum absolute atomic E-state index is 13.5. The van der Waals surface area contributed by atoms with Gasteiger partial charge in [0.15, 0.2) is 0 Å². The van der Waals surface area contributed by atoms with E-state index >= 15 is 0 Å². The third-order valence-corrected chi connectivity index (χ3v) is 5.64. The molecule has 2 aliphatic rings. The first-order valence-electron chi connectivity index (χ1n) is 9.64. The van der Waals surface area contributed by atoms with Crippen LogP contribution in [0.2, 0.25) is 0 Å². The molecule has 1 atom stereocenters. The van der Waals surface area contributed by atoms with Crippen molar-refractivity contribution in [2.45, 2.75) is 19.5 Å². The van der Waals surface area contributed by atoms with E-state index in [2.05, 4.69) is 11.8 Å². The maximum atomic E-state index is 13.5. The number of amides is 2. The van der Waals surface area contributed by atoms with Gasteiger partial charge in [-0.1, -0.05) is 55.5 Å². The van der Waals surface area contributed by atoms with E-state index in [1.54, 1.807) is 4.90 Å². The molecule has 27 heavy (non-hydrogen) atoms. The van der Waals surface area contributed by atoms with Crippen molar-refractivity contribution in [1.29, 1.82) is 0 Å². The second-order valence-corrected chi connectivity index (χ2v) is 7.16. The Morgan fingerprint density at radius 2 is 1.63 bits per heavy atom. The van der Waals surface area contributed by atoms with Gasteiger partial charge in [-0.25, -0.2) is 0 Å². The van der Waals surface area contributed by atoms with Crippen molar-refractivity contribution in [2.75, 3.05) is 32.7 Å². The second kappa shape index (κ2) is 7.53. The molecule has 0 bridgehead atoms. The standard InChI is InChI=1S/C22H25N3O2/c1-2-23-12-14-24(15-13-23)22(27)20(17-8-4-3-5-9-17)25-16-18-10-6-7-11-19(18)21(25)26/h3-11,20H,2,12-16H2,1H3. The summed E-state index contributed by atoms with van der Waals surface area (Å²) in [7, 11) is 0. The second-order valence-electron chi connectivity index (χ2n) is 7.16. The van der Waals surface area contributed by atoms with Gasteiger partial charge in [-0.15, -0.1) is 0 Å². The smallest absolute Gasteiger partial charge is 0.255 e. The molecule has 0 aromatic heterocycles. The Hall–Kier alpha value is -2.66. The molecule has 4 rings (SSSR count). The monoisotopic (exact) mass is 363 g/mol. The molecule has 2 aliphatic heterocycles. The molecule has 0 N–H and O–H groups in total. The van der Waals surface area contributed by atoms with Crippen LogP contribution in [0.25, 0.3) is 0 Å². The summed E-state index contributed by atoms with van der Waals surface area (Å²) in [5.74, 6) is -0.0295. The molecule has 2 amide bonds. The molecule has 5 heteroatoms. The molecule has 1 fully saturated rings. The van der Waals surface area contributed by atoms with Crippen molar-refractivity contribution in [1.82, 2.24) is 14.7 Å². The summed E-state index contributed by atoms with van der Waals surface area (Å²) in [5, 5.41) is 0. The molecule has 1 unspecified atom stereocenters. The lowest BCUT2D eigenvalue weighted by molar-refractivity contribution is -0.138. The zero-order valence-corrected chi connectivity index (χ0v) is 15.7. The fraction of sp³-hybridized carbons (Fsp3) is 0.364. The van der Waals surface area contributed by atoms with Gasteiger partial charge in [0.1, 0.15) is 6.04 Å². The normalized spacial score (nSPS) is 18.5. The average Bonchev–Trinajstić information content (AvgIpc) is 3.05. The molecule has 2 heterocycles. The fourth-order valence-corrected chi connectivity index (χ4v) is 4.03. The number of carbonyl (C=O) groups excluding carboxylic acids is 2. The molecule has 2 aromatic carbocycles. The highest BCUT2D eigenvalue weighted by atomic mass is 16.2. The van der Waals surface area contributed by atoms with Gasteiger partial charge in [0.05, 0.1) is 0 Å². The summed E-state index contributed by atoms with van der Waals surface area (Å²) in [4.78, 5) is 32.5. The van der Waals surface area contributed by atoms with E-state index in [0.717, 1.165) is 30.8 Å². The van der Waals surface area contributed by atoms with Crippen molar-refractivity contribution in [2.24, 2.45) is 0 Å². The topological polar surface area (TPSA) is 43.9 Å². The Morgan fingerprint density at radius 1 is 0.963 bits per heavy atom. The molecule has 2 aromatic rings. The average molecular weight is 363 g/mol. The molecule has 140 valence electrons. The first-order chi connectivity index (χ1) is 13.2. The number of piperazine rings is 1. The Kier molecular flexibility index (Phi) is 4.94. The van der Waals surface area contributed by atoms with Crippen molar-refractivity contribution in [3.63, 3.8) is 0 Å². The Balaban J connectivity index is 1.63. The Morgan fingerprint density at radius 3 is 2.30 bits per heavy atom. The quantitative estimate of drug-likeness (QED) is 0.839. The highest BCUT2D eigenvalue weighted by Gasteiger charge is 2.39. The molecule has 0 saturated carbocycles. The fourth-order valence-electron chi connectivity index (χ4n) is 4.03. The highest BCUT2D eigenvalue weighted by Crippen LogP contribution is 2.32. The molecule has 1 saturated heterocycles. The number of hydrogen-bond acceptors (Lipinski definition) is 3.